The van der Waals surface area contributed by atoms with Gasteiger partial charge in [0.2, 0.25) is 0 Å². The molecular weight excluding hydrogens is 384 g/mol. The highest BCUT2D eigenvalue weighted by Gasteiger charge is 2.38. The summed E-state index contributed by atoms with van der Waals surface area (Å²) in [4.78, 5) is 2.55. The van der Waals surface area contributed by atoms with Crippen LogP contribution in [0.3, 0.4) is 0 Å². The van der Waals surface area contributed by atoms with E-state index < -0.39 is 10.0 Å². The van der Waals surface area contributed by atoms with Gasteiger partial charge in [0.1, 0.15) is 4.21 Å². The zero-order chi connectivity index (χ0) is 15.9. The molecule has 4 nitrogen and oxygen atoms in total. The molecule has 3 rings (SSSR count). The van der Waals surface area contributed by atoms with Crippen molar-refractivity contribution in [3.05, 3.63) is 15.9 Å². The Bertz CT molecular complexity index is 621. The molecule has 2 saturated heterocycles. The molecule has 2 aliphatic rings. The first-order valence-electron chi connectivity index (χ1n) is 7.92. The van der Waals surface area contributed by atoms with Gasteiger partial charge in [-0.2, -0.15) is 4.31 Å². The Morgan fingerprint density at radius 1 is 1.18 bits per heavy atom. The molecule has 0 amide bonds. The fraction of sp³-hybridized carbons (Fsp3) is 0.733. The Hall–Kier alpha value is 0.0500. The van der Waals surface area contributed by atoms with Crippen molar-refractivity contribution in [3.63, 3.8) is 0 Å². The van der Waals surface area contributed by atoms with Crippen molar-refractivity contribution in [2.45, 2.75) is 61.9 Å². The molecule has 22 heavy (non-hydrogen) atoms. The van der Waals surface area contributed by atoms with Crippen molar-refractivity contribution >= 4 is 37.3 Å². The normalized spacial score (nSPS) is 31.7. The van der Waals surface area contributed by atoms with Gasteiger partial charge in [0.25, 0.3) is 10.0 Å². The van der Waals surface area contributed by atoms with Crippen LogP contribution in [0.25, 0.3) is 0 Å². The first-order valence-corrected chi connectivity index (χ1v) is 11.0. The van der Waals surface area contributed by atoms with Gasteiger partial charge in [-0.15, -0.1) is 11.3 Å². The Labute approximate surface area is 145 Å². The summed E-state index contributed by atoms with van der Waals surface area (Å²) in [5.74, 6) is 0. The fourth-order valence-electron chi connectivity index (χ4n) is 3.88. The molecule has 0 aromatic carbocycles. The van der Waals surface area contributed by atoms with Crippen LogP contribution in [0.4, 0.5) is 0 Å². The van der Waals surface area contributed by atoms with Gasteiger partial charge in [-0.3, -0.25) is 4.90 Å². The summed E-state index contributed by atoms with van der Waals surface area (Å²) in [5, 5.41) is 0. The molecular formula is C15H23BrN2O2S2. The quantitative estimate of drug-likeness (QED) is 0.770. The van der Waals surface area contributed by atoms with Crippen molar-refractivity contribution in [1.29, 1.82) is 0 Å². The molecule has 0 saturated carbocycles. The minimum Gasteiger partial charge on any atom is -0.294 e. The van der Waals surface area contributed by atoms with Crippen LogP contribution in [0.15, 0.2) is 20.1 Å². The van der Waals surface area contributed by atoms with Crippen LogP contribution in [0, 0.1) is 0 Å². The van der Waals surface area contributed by atoms with E-state index in [0.717, 1.165) is 16.6 Å². The molecule has 1 aromatic heterocycles. The lowest BCUT2D eigenvalue weighted by Crippen LogP contribution is -2.52. The van der Waals surface area contributed by atoms with Crippen molar-refractivity contribution < 1.29 is 8.42 Å². The molecule has 3 atom stereocenters. The van der Waals surface area contributed by atoms with Gasteiger partial charge in [0, 0.05) is 31.2 Å². The molecule has 3 heterocycles. The average molecular weight is 407 g/mol. The van der Waals surface area contributed by atoms with E-state index in [1.54, 1.807) is 10.4 Å². The van der Waals surface area contributed by atoms with E-state index in [9.17, 15) is 8.42 Å². The van der Waals surface area contributed by atoms with E-state index in [4.69, 9.17) is 0 Å². The first-order chi connectivity index (χ1) is 10.4. The van der Waals surface area contributed by atoms with Crippen LogP contribution >= 0.6 is 27.3 Å². The second-order valence-corrected chi connectivity index (χ2v) is 11.1. The van der Waals surface area contributed by atoms with Crippen LogP contribution in [-0.4, -0.2) is 48.8 Å². The van der Waals surface area contributed by atoms with Crippen molar-refractivity contribution in [2.75, 3.05) is 13.1 Å². The highest BCUT2D eigenvalue weighted by Crippen LogP contribution is 2.33. The number of halogens is 1. The average Bonchev–Trinajstić information content (AvgIpc) is 3.06. The van der Waals surface area contributed by atoms with E-state index in [-0.39, 0.29) is 0 Å². The van der Waals surface area contributed by atoms with Crippen molar-refractivity contribution in [1.82, 2.24) is 9.21 Å². The van der Waals surface area contributed by atoms with Gasteiger partial charge in [-0.1, -0.05) is 0 Å². The van der Waals surface area contributed by atoms with Crippen LogP contribution in [-0.2, 0) is 10.0 Å². The van der Waals surface area contributed by atoms with Gasteiger partial charge in [-0.05, 0) is 67.6 Å². The van der Waals surface area contributed by atoms with Gasteiger partial charge < -0.3 is 0 Å². The number of hydrogen-bond donors (Lipinski definition) is 0. The summed E-state index contributed by atoms with van der Waals surface area (Å²) in [7, 11) is -3.34. The van der Waals surface area contributed by atoms with Crippen LogP contribution in [0.2, 0.25) is 0 Å². The maximum atomic E-state index is 12.8. The third-order valence-electron chi connectivity index (χ3n) is 4.94. The van der Waals surface area contributed by atoms with Crippen LogP contribution in [0.1, 0.15) is 39.5 Å². The summed E-state index contributed by atoms with van der Waals surface area (Å²) in [6, 6.07) is 5.01. The zero-order valence-corrected chi connectivity index (χ0v) is 16.3. The molecule has 7 heteroatoms. The fourth-order valence-corrected chi connectivity index (χ4v) is 7.56. The van der Waals surface area contributed by atoms with Crippen LogP contribution in [0.5, 0.6) is 0 Å². The minimum atomic E-state index is -3.34. The minimum absolute atomic E-state index is 0.361. The Morgan fingerprint density at radius 3 is 2.45 bits per heavy atom. The second kappa shape index (κ2) is 6.51. The molecule has 0 spiro atoms. The third kappa shape index (κ3) is 3.15. The highest BCUT2D eigenvalue weighted by molar-refractivity contribution is 9.11. The predicted molar refractivity (Wildman–Crippen MR) is 93.8 cm³/mol. The number of rotatable bonds is 3. The molecule has 124 valence electrons. The van der Waals surface area contributed by atoms with E-state index in [2.05, 4.69) is 34.7 Å². The van der Waals surface area contributed by atoms with Gasteiger partial charge in [-0.25, -0.2) is 8.42 Å². The lowest BCUT2D eigenvalue weighted by molar-refractivity contribution is 0.0980. The van der Waals surface area contributed by atoms with Gasteiger partial charge in [0.05, 0.1) is 3.79 Å². The van der Waals surface area contributed by atoms with Gasteiger partial charge in [0.15, 0.2) is 0 Å². The smallest absolute Gasteiger partial charge is 0.252 e. The summed E-state index contributed by atoms with van der Waals surface area (Å²) >= 11 is 4.65. The Morgan fingerprint density at radius 2 is 1.86 bits per heavy atom. The van der Waals surface area contributed by atoms with E-state index >= 15 is 0 Å². The van der Waals surface area contributed by atoms with E-state index in [1.165, 1.54) is 24.2 Å². The first kappa shape index (κ1) is 16.9. The van der Waals surface area contributed by atoms with Crippen molar-refractivity contribution in [2.24, 2.45) is 0 Å². The second-order valence-electron chi connectivity index (χ2n) is 6.44. The van der Waals surface area contributed by atoms with Crippen LogP contribution < -0.4 is 0 Å². The highest BCUT2D eigenvalue weighted by atomic mass is 79.9. The SMILES string of the molecule is C[C@@H]1CC[C@@H](C)N1[C@@H]1CCCN(S(=O)(=O)c2ccc(Br)s2)C1. The largest absolute Gasteiger partial charge is 0.294 e. The molecule has 0 bridgehead atoms. The predicted octanol–water partition coefficient (Wildman–Crippen LogP) is 3.54. The molecule has 2 aliphatic heterocycles. The number of hydrogen-bond acceptors (Lipinski definition) is 4. The molecule has 2 fully saturated rings. The van der Waals surface area contributed by atoms with E-state index in [1.807, 2.05) is 6.07 Å². The summed E-state index contributed by atoms with van der Waals surface area (Å²) in [5.41, 5.74) is 0. The molecule has 0 radical (unpaired) electrons. The molecule has 0 unspecified atom stereocenters. The van der Waals surface area contributed by atoms with E-state index in [0.29, 0.717) is 35.4 Å². The van der Waals surface area contributed by atoms with Crippen molar-refractivity contribution in [3.8, 4) is 0 Å². The Kier molecular flexibility index (Phi) is 5.00. The standard InChI is InChI=1S/C15H23BrN2O2S2/c1-11-5-6-12(2)18(11)13-4-3-9-17(10-13)22(19,20)15-8-7-14(16)21-15/h7-8,11-13H,3-6,9-10H2,1-2H3/t11-,12-,13-/m1/s1. The van der Waals surface area contributed by atoms with Gasteiger partial charge >= 0.3 is 0 Å². The lowest BCUT2D eigenvalue weighted by atomic mass is 10.0. The maximum Gasteiger partial charge on any atom is 0.252 e. The number of nitrogens with zero attached hydrogens (tertiary/aromatic N) is 2. The number of thiophene rings is 1. The summed E-state index contributed by atoms with van der Waals surface area (Å²) in [6.07, 6.45) is 4.51. The molecule has 0 N–H and O–H groups in total. The zero-order valence-electron chi connectivity index (χ0n) is 13.0. The monoisotopic (exact) mass is 406 g/mol. The lowest BCUT2D eigenvalue weighted by Gasteiger charge is -2.40. The maximum absolute atomic E-state index is 12.8. The topological polar surface area (TPSA) is 40.6 Å². The molecule has 0 aliphatic carbocycles. The molecule has 1 aromatic rings. The third-order valence-corrected chi connectivity index (χ3v) is 8.90. The Balaban J connectivity index is 1.78. The summed E-state index contributed by atoms with van der Waals surface area (Å²) < 4.78 is 28.6. The summed E-state index contributed by atoms with van der Waals surface area (Å²) in [6.45, 7) is 5.82. The number of piperidine rings is 1. The number of likely N-dealkylation sites (tertiary alicyclic amines) is 1. The number of sulfonamides is 1.